The SMILES string of the molecule is C[Si](C)CCn1c2c(c3cc(C(C)(C)C)ccc31)C1(c3ccccc3-2)C(C)(C)CC1(C)C. The van der Waals surface area contributed by atoms with Crippen LogP contribution in [0.5, 0.6) is 0 Å². The third-order valence-electron chi connectivity index (χ3n) is 8.64. The van der Waals surface area contributed by atoms with Crippen LogP contribution in [0.4, 0.5) is 0 Å². The van der Waals surface area contributed by atoms with E-state index in [1.807, 2.05) is 0 Å². The largest absolute Gasteiger partial charge is 0.341 e. The first kappa shape index (κ1) is 22.0. The molecule has 0 atom stereocenters. The Morgan fingerprint density at radius 2 is 1.59 bits per heavy atom. The molecule has 1 radical (unpaired) electrons. The van der Waals surface area contributed by atoms with Gasteiger partial charge in [0, 0.05) is 37.2 Å². The monoisotopic (exact) mass is 442 g/mol. The first-order valence-electron chi connectivity index (χ1n) is 12.4. The standard InChI is InChI=1S/C30H40NSi/c1-27(2,3)20-14-15-24-22(18-20)25-26(31(24)16-17-32(8)9)21-12-10-11-13-23(21)30(25)28(4,5)19-29(30,6)7/h10-15,18H,16-17,19H2,1-9H3. The van der Waals surface area contributed by atoms with Crippen LogP contribution in [0.25, 0.3) is 22.2 Å². The highest BCUT2D eigenvalue weighted by Gasteiger charge is 2.70. The second-order valence-electron chi connectivity index (χ2n) is 13.1. The maximum absolute atomic E-state index is 2.70. The zero-order chi connectivity index (χ0) is 23.3. The topological polar surface area (TPSA) is 4.93 Å². The van der Waals surface area contributed by atoms with Gasteiger partial charge in [-0.3, -0.25) is 0 Å². The van der Waals surface area contributed by atoms with Crippen molar-refractivity contribution in [2.75, 3.05) is 0 Å². The van der Waals surface area contributed by atoms with Crippen molar-refractivity contribution in [2.45, 2.75) is 91.4 Å². The highest BCUT2D eigenvalue weighted by atomic mass is 28.3. The predicted octanol–water partition coefficient (Wildman–Crippen LogP) is 8.42. The maximum Gasteiger partial charge on any atom is 0.0536 e. The van der Waals surface area contributed by atoms with Crippen molar-refractivity contribution in [2.24, 2.45) is 10.8 Å². The van der Waals surface area contributed by atoms with Crippen LogP contribution in [0.3, 0.4) is 0 Å². The minimum absolute atomic E-state index is 0.0676. The lowest BCUT2D eigenvalue weighted by Crippen LogP contribution is -2.63. The zero-order valence-corrected chi connectivity index (χ0v) is 22.6. The number of benzene rings is 2. The van der Waals surface area contributed by atoms with Gasteiger partial charge in [0.2, 0.25) is 0 Å². The van der Waals surface area contributed by atoms with Gasteiger partial charge in [-0.2, -0.15) is 0 Å². The fourth-order valence-electron chi connectivity index (χ4n) is 7.79. The minimum atomic E-state index is -0.289. The smallest absolute Gasteiger partial charge is 0.0536 e. The molecule has 5 rings (SSSR count). The molecule has 2 aliphatic rings. The van der Waals surface area contributed by atoms with Crippen LogP contribution < -0.4 is 0 Å². The van der Waals surface area contributed by atoms with Crippen LogP contribution in [0.15, 0.2) is 42.5 Å². The van der Waals surface area contributed by atoms with Crippen molar-refractivity contribution in [1.29, 1.82) is 0 Å². The molecule has 3 aromatic rings. The van der Waals surface area contributed by atoms with Gasteiger partial charge < -0.3 is 4.57 Å². The van der Waals surface area contributed by atoms with Crippen molar-refractivity contribution >= 4 is 19.7 Å². The molecule has 1 heterocycles. The molecule has 1 nitrogen and oxygen atoms in total. The summed E-state index contributed by atoms with van der Waals surface area (Å²) in [5, 5.41) is 1.51. The van der Waals surface area contributed by atoms with E-state index in [9.17, 15) is 0 Å². The lowest BCUT2D eigenvalue weighted by atomic mass is 9.35. The van der Waals surface area contributed by atoms with Gasteiger partial charge in [0.1, 0.15) is 0 Å². The van der Waals surface area contributed by atoms with Gasteiger partial charge in [-0.15, -0.1) is 0 Å². The van der Waals surface area contributed by atoms with E-state index >= 15 is 0 Å². The number of rotatable bonds is 3. The first-order chi connectivity index (χ1) is 14.8. The molecule has 0 unspecified atom stereocenters. The third-order valence-corrected chi connectivity index (χ3v) is 9.86. The van der Waals surface area contributed by atoms with Gasteiger partial charge in [-0.05, 0) is 57.5 Å². The number of nitrogens with zero attached hydrogens (tertiary/aromatic N) is 1. The third kappa shape index (κ3) is 2.62. The average molecular weight is 443 g/mol. The summed E-state index contributed by atoms with van der Waals surface area (Å²) >= 11 is 0. The van der Waals surface area contributed by atoms with E-state index in [1.54, 1.807) is 11.1 Å². The van der Waals surface area contributed by atoms with Crippen molar-refractivity contribution in [3.8, 4) is 11.3 Å². The first-order valence-corrected chi connectivity index (χ1v) is 15.1. The lowest BCUT2D eigenvalue weighted by molar-refractivity contribution is -0.0849. The minimum Gasteiger partial charge on any atom is -0.341 e. The van der Waals surface area contributed by atoms with Crippen molar-refractivity contribution in [3.05, 3.63) is 59.2 Å². The van der Waals surface area contributed by atoms with E-state index in [4.69, 9.17) is 0 Å². The molecule has 169 valence electrons. The normalized spacial score (nSPS) is 19.9. The second-order valence-corrected chi connectivity index (χ2v) is 16.0. The van der Waals surface area contributed by atoms with Crippen LogP contribution in [0.2, 0.25) is 19.1 Å². The second kappa shape index (κ2) is 6.62. The van der Waals surface area contributed by atoms with E-state index < -0.39 is 0 Å². The Labute approximate surface area is 196 Å². The fourth-order valence-corrected chi connectivity index (χ4v) is 8.46. The number of hydrogen-bond donors (Lipinski definition) is 0. The summed E-state index contributed by atoms with van der Waals surface area (Å²) in [5.74, 6) is 0. The van der Waals surface area contributed by atoms with Crippen LogP contribution in [0, 0.1) is 10.8 Å². The molecule has 2 aliphatic carbocycles. The number of aromatic nitrogens is 1. The van der Waals surface area contributed by atoms with Crippen molar-refractivity contribution < 1.29 is 0 Å². The van der Waals surface area contributed by atoms with Crippen LogP contribution in [0.1, 0.15) is 71.6 Å². The Hall–Kier alpha value is -1.80. The average Bonchev–Trinajstić information content (AvgIpc) is 3.16. The Morgan fingerprint density at radius 3 is 2.19 bits per heavy atom. The number of aryl methyl sites for hydroxylation is 1. The van der Waals surface area contributed by atoms with Gasteiger partial charge in [0.15, 0.2) is 0 Å². The maximum atomic E-state index is 2.70. The Morgan fingerprint density at radius 1 is 0.938 bits per heavy atom. The summed E-state index contributed by atoms with van der Waals surface area (Å²) in [6.45, 7) is 23.1. The van der Waals surface area contributed by atoms with E-state index in [-0.39, 0.29) is 30.5 Å². The summed E-state index contributed by atoms with van der Waals surface area (Å²) in [5.41, 5.74) is 9.78. The Bertz CT molecular complexity index is 1200. The molecule has 2 heteroatoms. The molecular weight excluding hydrogens is 402 g/mol. The summed E-state index contributed by atoms with van der Waals surface area (Å²) in [6, 6.07) is 18.0. The summed E-state index contributed by atoms with van der Waals surface area (Å²) in [6.07, 6.45) is 1.26. The van der Waals surface area contributed by atoms with E-state index in [1.165, 1.54) is 40.2 Å². The Kier molecular flexibility index (Phi) is 4.56. The molecule has 0 amide bonds. The fraction of sp³-hybridized carbons (Fsp3) is 0.533. The predicted molar refractivity (Wildman–Crippen MR) is 141 cm³/mol. The Balaban J connectivity index is 1.93. The molecule has 1 fully saturated rings. The van der Waals surface area contributed by atoms with Gasteiger partial charge in [-0.25, -0.2) is 0 Å². The quantitative estimate of drug-likeness (QED) is 0.359. The molecule has 1 saturated carbocycles. The molecule has 0 N–H and O–H groups in total. The van der Waals surface area contributed by atoms with Crippen LogP contribution in [-0.2, 0) is 17.4 Å². The lowest BCUT2D eigenvalue weighted by Gasteiger charge is -2.67. The zero-order valence-electron chi connectivity index (χ0n) is 21.6. The summed E-state index contributed by atoms with van der Waals surface area (Å²) < 4.78 is 2.70. The molecular formula is C30H40NSi. The molecule has 2 aromatic carbocycles. The van der Waals surface area contributed by atoms with E-state index in [2.05, 4.69) is 109 Å². The molecule has 1 aromatic heterocycles. The van der Waals surface area contributed by atoms with Crippen LogP contribution >= 0.6 is 0 Å². The molecule has 0 bridgehead atoms. The molecule has 1 spiro atoms. The van der Waals surface area contributed by atoms with Crippen molar-refractivity contribution in [1.82, 2.24) is 4.57 Å². The molecule has 0 saturated heterocycles. The van der Waals surface area contributed by atoms with E-state index in [0.717, 1.165) is 6.54 Å². The summed E-state index contributed by atoms with van der Waals surface area (Å²) in [4.78, 5) is 0. The molecule has 32 heavy (non-hydrogen) atoms. The van der Waals surface area contributed by atoms with Gasteiger partial charge in [0.25, 0.3) is 0 Å². The van der Waals surface area contributed by atoms with Gasteiger partial charge in [-0.1, -0.05) is 91.9 Å². The number of fused-ring (bicyclic) bond motifs is 7. The van der Waals surface area contributed by atoms with Crippen molar-refractivity contribution in [3.63, 3.8) is 0 Å². The highest BCUT2D eigenvalue weighted by Crippen LogP contribution is 2.76. The molecule has 0 aliphatic heterocycles. The van der Waals surface area contributed by atoms with Crippen LogP contribution in [-0.4, -0.2) is 13.4 Å². The van der Waals surface area contributed by atoms with Gasteiger partial charge >= 0.3 is 0 Å². The number of hydrogen-bond acceptors (Lipinski definition) is 0. The van der Waals surface area contributed by atoms with Gasteiger partial charge in [0.05, 0.1) is 5.69 Å². The van der Waals surface area contributed by atoms with E-state index in [0.29, 0.717) is 0 Å². The highest BCUT2D eigenvalue weighted by molar-refractivity contribution is 6.55. The summed E-state index contributed by atoms with van der Waals surface area (Å²) in [7, 11) is -0.289.